The Bertz CT molecular complexity index is 347. The molecule has 0 fully saturated rings. The van der Waals surface area contributed by atoms with E-state index in [1.807, 2.05) is 0 Å². The van der Waals surface area contributed by atoms with Gasteiger partial charge >= 0.3 is 5.88 Å². The lowest BCUT2D eigenvalue weighted by atomic mass is 10.4. The summed E-state index contributed by atoms with van der Waals surface area (Å²) in [4.78, 5) is 9.60. The van der Waals surface area contributed by atoms with Gasteiger partial charge in [0, 0.05) is 0 Å². The van der Waals surface area contributed by atoms with Crippen LogP contribution in [0.3, 0.4) is 0 Å². The number of nitrogens with one attached hydrogen (secondary N) is 3. The second-order valence-corrected chi connectivity index (χ2v) is 2.37. The maximum atomic E-state index is 10.2. The number of hydrazine groups is 1. The fourth-order valence-corrected chi connectivity index (χ4v) is 0.786. The fraction of sp³-hybridized carbons (Fsp3) is 0.167. The predicted molar refractivity (Wildman–Crippen MR) is 47.3 cm³/mol. The molecule has 8 heteroatoms. The normalized spacial score (nSPS) is 9.50. The van der Waals surface area contributed by atoms with Crippen LogP contribution in [-0.2, 0) is 6.54 Å². The number of hydrogen-bond donors (Lipinski definition) is 4. The zero-order valence-corrected chi connectivity index (χ0v) is 7.11. The van der Waals surface area contributed by atoms with Gasteiger partial charge in [0.1, 0.15) is 10.7 Å². The van der Waals surface area contributed by atoms with Gasteiger partial charge in [0.15, 0.2) is 0 Å². The standard InChI is InChI=1S/C6H9N5O3/c7-6(10-8)9-3-4-1-2-5(14-4)11(12)13/h1-2H,3,8H2,(H3,7,9,10). The van der Waals surface area contributed by atoms with Crippen LogP contribution < -0.4 is 16.6 Å². The molecule has 0 aromatic carbocycles. The Hall–Kier alpha value is -2.09. The Morgan fingerprint density at radius 2 is 2.43 bits per heavy atom. The number of hydrogen-bond acceptors (Lipinski definition) is 5. The number of nitrogens with zero attached hydrogens (tertiary/aromatic N) is 1. The second-order valence-electron chi connectivity index (χ2n) is 2.37. The van der Waals surface area contributed by atoms with Crippen LogP contribution in [0.4, 0.5) is 5.88 Å². The van der Waals surface area contributed by atoms with E-state index in [9.17, 15) is 10.1 Å². The zero-order valence-electron chi connectivity index (χ0n) is 7.11. The Morgan fingerprint density at radius 1 is 1.71 bits per heavy atom. The largest absolute Gasteiger partial charge is 0.433 e. The van der Waals surface area contributed by atoms with E-state index in [0.717, 1.165) is 0 Å². The maximum absolute atomic E-state index is 10.2. The lowest BCUT2D eigenvalue weighted by Gasteiger charge is -2.02. The van der Waals surface area contributed by atoms with Gasteiger partial charge in [-0.05, 0) is 6.07 Å². The summed E-state index contributed by atoms with van der Waals surface area (Å²) in [6.45, 7) is 0.164. The third-order valence-corrected chi connectivity index (χ3v) is 1.41. The molecule has 0 saturated carbocycles. The van der Waals surface area contributed by atoms with Crippen LogP contribution >= 0.6 is 0 Å². The van der Waals surface area contributed by atoms with E-state index in [-0.39, 0.29) is 18.4 Å². The van der Waals surface area contributed by atoms with Gasteiger partial charge < -0.3 is 9.73 Å². The molecule has 0 aliphatic heterocycles. The van der Waals surface area contributed by atoms with Crippen molar-refractivity contribution in [2.24, 2.45) is 5.84 Å². The molecule has 8 nitrogen and oxygen atoms in total. The molecule has 1 heterocycles. The smallest absolute Gasteiger partial charge is 0.404 e. The molecule has 0 bridgehead atoms. The zero-order chi connectivity index (χ0) is 10.6. The molecule has 0 atom stereocenters. The summed E-state index contributed by atoms with van der Waals surface area (Å²) in [5.41, 5.74) is 2.06. The number of guanidine groups is 1. The van der Waals surface area contributed by atoms with Crippen molar-refractivity contribution in [3.63, 3.8) is 0 Å². The van der Waals surface area contributed by atoms with Crippen LogP contribution in [0.5, 0.6) is 0 Å². The third-order valence-electron chi connectivity index (χ3n) is 1.41. The van der Waals surface area contributed by atoms with E-state index in [1.165, 1.54) is 12.1 Å². The first-order valence-corrected chi connectivity index (χ1v) is 3.65. The summed E-state index contributed by atoms with van der Waals surface area (Å²) in [6, 6.07) is 2.70. The molecular weight excluding hydrogens is 190 g/mol. The molecule has 0 aliphatic carbocycles. The molecule has 76 valence electrons. The molecule has 14 heavy (non-hydrogen) atoms. The van der Waals surface area contributed by atoms with Crippen molar-refractivity contribution >= 4 is 11.8 Å². The van der Waals surface area contributed by atoms with E-state index in [1.54, 1.807) is 0 Å². The van der Waals surface area contributed by atoms with E-state index < -0.39 is 4.92 Å². The lowest BCUT2D eigenvalue weighted by molar-refractivity contribution is -0.402. The van der Waals surface area contributed by atoms with Gasteiger partial charge in [0.2, 0.25) is 5.96 Å². The van der Waals surface area contributed by atoms with Gasteiger partial charge in [-0.2, -0.15) is 0 Å². The molecule has 0 amide bonds. The minimum atomic E-state index is -0.629. The molecule has 0 aliphatic rings. The average Bonchev–Trinajstić information content (AvgIpc) is 2.62. The van der Waals surface area contributed by atoms with Crippen molar-refractivity contribution < 1.29 is 9.34 Å². The minimum Gasteiger partial charge on any atom is -0.404 e. The summed E-state index contributed by atoms with van der Waals surface area (Å²) in [7, 11) is 0. The predicted octanol–water partition coefficient (Wildman–Crippen LogP) is -0.325. The molecule has 1 aromatic rings. The maximum Gasteiger partial charge on any atom is 0.433 e. The first-order valence-electron chi connectivity index (χ1n) is 3.65. The highest BCUT2D eigenvalue weighted by atomic mass is 16.6. The molecule has 0 radical (unpaired) electrons. The first-order chi connectivity index (χ1) is 6.63. The van der Waals surface area contributed by atoms with Crippen LogP contribution in [0.25, 0.3) is 0 Å². The summed E-state index contributed by atoms with van der Waals surface area (Å²) < 4.78 is 4.81. The van der Waals surface area contributed by atoms with Crippen molar-refractivity contribution in [1.29, 1.82) is 5.41 Å². The average molecular weight is 199 g/mol. The number of nitrogens with two attached hydrogens (primary N) is 1. The highest BCUT2D eigenvalue weighted by molar-refractivity contribution is 5.75. The monoisotopic (exact) mass is 199 g/mol. The van der Waals surface area contributed by atoms with Crippen LogP contribution in [0, 0.1) is 15.5 Å². The van der Waals surface area contributed by atoms with E-state index in [0.29, 0.717) is 5.76 Å². The van der Waals surface area contributed by atoms with Crippen LogP contribution in [0.1, 0.15) is 5.76 Å². The fourth-order valence-electron chi connectivity index (χ4n) is 0.786. The molecule has 0 saturated heterocycles. The van der Waals surface area contributed by atoms with Crippen molar-refractivity contribution in [1.82, 2.24) is 10.7 Å². The summed E-state index contributed by atoms with van der Waals surface area (Å²) in [5.74, 6) is 4.85. The summed E-state index contributed by atoms with van der Waals surface area (Å²) in [5, 5.41) is 19.8. The Balaban J connectivity index is 2.52. The summed E-state index contributed by atoms with van der Waals surface area (Å²) in [6.07, 6.45) is 0. The number of nitro groups is 1. The Labute approximate surface area is 78.7 Å². The van der Waals surface area contributed by atoms with E-state index >= 15 is 0 Å². The van der Waals surface area contributed by atoms with Crippen molar-refractivity contribution in [2.45, 2.75) is 6.54 Å². The second kappa shape index (κ2) is 4.23. The highest BCUT2D eigenvalue weighted by Gasteiger charge is 2.11. The third kappa shape index (κ3) is 2.45. The van der Waals surface area contributed by atoms with E-state index in [4.69, 9.17) is 15.7 Å². The Kier molecular flexibility index (Phi) is 3.02. The SMILES string of the molecule is N=C(NN)NCc1ccc([N+](=O)[O-])o1. The molecule has 1 rings (SSSR count). The highest BCUT2D eigenvalue weighted by Crippen LogP contribution is 2.14. The molecule has 1 aromatic heterocycles. The van der Waals surface area contributed by atoms with Gasteiger partial charge in [-0.15, -0.1) is 0 Å². The van der Waals surface area contributed by atoms with Gasteiger partial charge in [-0.1, -0.05) is 0 Å². The number of furan rings is 1. The molecule has 5 N–H and O–H groups in total. The Morgan fingerprint density at radius 3 is 2.93 bits per heavy atom. The van der Waals surface area contributed by atoms with Crippen molar-refractivity contribution in [2.75, 3.05) is 0 Å². The van der Waals surface area contributed by atoms with Gasteiger partial charge in [-0.3, -0.25) is 20.9 Å². The molecule has 0 unspecified atom stereocenters. The van der Waals surface area contributed by atoms with Crippen LogP contribution in [0.15, 0.2) is 16.5 Å². The summed E-state index contributed by atoms with van der Waals surface area (Å²) >= 11 is 0. The topological polar surface area (TPSA) is 130 Å². The van der Waals surface area contributed by atoms with Crippen molar-refractivity contribution in [3.8, 4) is 0 Å². The lowest BCUT2D eigenvalue weighted by Crippen LogP contribution is -2.40. The first kappa shape index (κ1) is 9.99. The van der Waals surface area contributed by atoms with Gasteiger partial charge in [0.05, 0.1) is 12.6 Å². The quantitative estimate of drug-likeness (QED) is 0.173. The van der Waals surface area contributed by atoms with Crippen LogP contribution in [0.2, 0.25) is 0 Å². The molecular formula is C6H9N5O3. The van der Waals surface area contributed by atoms with Gasteiger partial charge in [0.25, 0.3) is 0 Å². The molecule has 0 spiro atoms. The number of rotatable bonds is 3. The minimum absolute atomic E-state index is 0.0935. The van der Waals surface area contributed by atoms with Gasteiger partial charge in [-0.25, -0.2) is 5.84 Å². The van der Waals surface area contributed by atoms with E-state index in [2.05, 4.69) is 10.7 Å². The van der Waals surface area contributed by atoms with Crippen LogP contribution in [-0.4, -0.2) is 10.9 Å². The van der Waals surface area contributed by atoms with Crippen molar-refractivity contribution in [3.05, 3.63) is 28.0 Å².